The molecule has 1 heterocycles. The minimum atomic E-state index is -0.787. The molecule has 1 aliphatic heterocycles. The van der Waals surface area contributed by atoms with Crippen LogP contribution in [0.15, 0.2) is 70.7 Å². The Labute approximate surface area is 236 Å². The summed E-state index contributed by atoms with van der Waals surface area (Å²) in [6.45, 7) is 0.370. The van der Waals surface area contributed by atoms with Crippen molar-refractivity contribution in [2.75, 3.05) is 4.90 Å². The van der Waals surface area contributed by atoms with E-state index in [0.29, 0.717) is 28.6 Å². The first kappa shape index (κ1) is 25.1. The van der Waals surface area contributed by atoms with Gasteiger partial charge in [-0.2, -0.15) is 0 Å². The maximum absolute atomic E-state index is 13.1. The number of carbonyl (C=O) groups excluding carboxylic acids is 3. The summed E-state index contributed by atoms with van der Waals surface area (Å²) in [5.74, 6) is -0.731. The molecule has 10 heteroatoms. The summed E-state index contributed by atoms with van der Waals surface area (Å²) in [6.07, 6.45) is 1.48. The number of hydrogen-bond acceptors (Lipinski definition) is 4. The van der Waals surface area contributed by atoms with Gasteiger partial charge in [-0.05, 0) is 111 Å². The zero-order valence-corrected chi connectivity index (χ0v) is 23.8. The van der Waals surface area contributed by atoms with Crippen LogP contribution in [0.2, 0.25) is 5.02 Å². The number of benzene rings is 3. The molecular formula is C24H14BrClI2N2O4. The van der Waals surface area contributed by atoms with Crippen molar-refractivity contribution in [1.29, 1.82) is 0 Å². The topological polar surface area (TPSA) is 75.7 Å². The Morgan fingerprint density at radius 3 is 2.21 bits per heavy atom. The second-order valence-electron chi connectivity index (χ2n) is 7.16. The number of carbonyl (C=O) groups is 3. The molecule has 0 aliphatic carbocycles. The Kier molecular flexibility index (Phi) is 7.95. The molecule has 0 unspecified atom stereocenters. The number of rotatable bonds is 5. The lowest BCUT2D eigenvalue weighted by molar-refractivity contribution is -0.122. The highest BCUT2D eigenvalue weighted by Crippen LogP contribution is 2.31. The zero-order chi connectivity index (χ0) is 24.4. The normalized spacial score (nSPS) is 15.0. The quantitative estimate of drug-likeness (QED) is 0.182. The Morgan fingerprint density at radius 1 is 0.971 bits per heavy atom. The molecule has 0 radical (unpaired) electrons. The molecule has 1 aliphatic rings. The number of nitrogens with one attached hydrogen (secondary N) is 1. The molecule has 1 N–H and O–H groups in total. The number of barbiturate groups is 1. The van der Waals surface area contributed by atoms with Gasteiger partial charge in [-0.25, -0.2) is 9.69 Å². The fraction of sp³-hybridized carbons (Fsp3) is 0.0417. The molecule has 34 heavy (non-hydrogen) atoms. The van der Waals surface area contributed by atoms with Crippen LogP contribution in [0.1, 0.15) is 11.1 Å². The van der Waals surface area contributed by atoms with Crippen LogP contribution in [0.3, 0.4) is 0 Å². The summed E-state index contributed by atoms with van der Waals surface area (Å²) < 4.78 is 8.43. The van der Waals surface area contributed by atoms with E-state index < -0.39 is 17.8 Å². The first-order chi connectivity index (χ1) is 16.2. The van der Waals surface area contributed by atoms with E-state index >= 15 is 0 Å². The summed E-state index contributed by atoms with van der Waals surface area (Å²) in [7, 11) is 0. The molecule has 4 amide bonds. The smallest absolute Gasteiger partial charge is 0.335 e. The lowest BCUT2D eigenvalue weighted by atomic mass is 10.1. The average molecular weight is 764 g/mol. The highest BCUT2D eigenvalue weighted by atomic mass is 127. The van der Waals surface area contributed by atoms with Crippen molar-refractivity contribution in [1.82, 2.24) is 5.32 Å². The molecule has 172 valence electrons. The Morgan fingerprint density at radius 2 is 1.59 bits per heavy atom. The summed E-state index contributed by atoms with van der Waals surface area (Å²) >= 11 is 13.6. The molecular weight excluding hydrogens is 749 g/mol. The van der Waals surface area contributed by atoms with Crippen LogP contribution in [0, 0.1) is 7.14 Å². The van der Waals surface area contributed by atoms with Crippen molar-refractivity contribution in [3.05, 3.63) is 94.0 Å². The first-order valence-corrected chi connectivity index (χ1v) is 13.1. The lowest BCUT2D eigenvalue weighted by Crippen LogP contribution is -2.54. The standard InChI is InChI=1S/C24H14BrClI2N2O4/c25-15-3-7-17(8-4-15)30-23(32)18(22(31)29-24(30)33)9-14-10-19(27)21(20(28)11-14)34-12-13-1-5-16(26)6-2-13/h1-11H,12H2,(H,29,31,33)/b18-9+. The highest BCUT2D eigenvalue weighted by molar-refractivity contribution is 14.1. The third kappa shape index (κ3) is 5.64. The third-order valence-electron chi connectivity index (χ3n) is 4.81. The number of imide groups is 2. The Bertz CT molecular complexity index is 1300. The molecule has 0 bridgehead atoms. The average Bonchev–Trinajstić information content (AvgIpc) is 2.78. The SMILES string of the molecule is O=C1NC(=O)N(c2ccc(Br)cc2)C(=O)/C1=C/c1cc(I)c(OCc2ccc(Cl)cc2)c(I)c1. The van der Waals surface area contributed by atoms with Gasteiger partial charge in [0, 0.05) is 9.50 Å². The highest BCUT2D eigenvalue weighted by Gasteiger charge is 2.36. The van der Waals surface area contributed by atoms with Crippen LogP contribution in [0.4, 0.5) is 10.5 Å². The van der Waals surface area contributed by atoms with Crippen LogP contribution >= 0.6 is 72.7 Å². The van der Waals surface area contributed by atoms with Crippen LogP contribution in [-0.4, -0.2) is 17.8 Å². The molecule has 6 nitrogen and oxygen atoms in total. The number of ether oxygens (including phenoxy) is 1. The fourth-order valence-corrected chi connectivity index (χ4v) is 5.70. The molecule has 3 aromatic carbocycles. The number of nitrogens with zero attached hydrogens (tertiary/aromatic N) is 1. The summed E-state index contributed by atoms with van der Waals surface area (Å²) in [5.41, 5.74) is 1.84. The van der Waals surface area contributed by atoms with E-state index in [4.69, 9.17) is 16.3 Å². The molecule has 0 saturated carbocycles. The fourth-order valence-electron chi connectivity index (χ4n) is 3.19. The van der Waals surface area contributed by atoms with Gasteiger partial charge in [-0.15, -0.1) is 0 Å². The van der Waals surface area contributed by atoms with Crippen LogP contribution in [0.25, 0.3) is 6.08 Å². The van der Waals surface area contributed by atoms with Gasteiger partial charge < -0.3 is 4.74 Å². The first-order valence-electron chi connectivity index (χ1n) is 9.76. The predicted octanol–water partition coefficient (Wildman–Crippen LogP) is 6.56. The number of urea groups is 1. The minimum absolute atomic E-state index is 0.135. The predicted molar refractivity (Wildman–Crippen MR) is 151 cm³/mol. The number of halogens is 4. The van der Waals surface area contributed by atoms with Crippen LogP contribution in [0.5, 0.6) is 5.75 Å². The van der Waals surface area contributed by atoms with Gasteiger partial charge >= 0.3 is 6.03 Å². The zero-order valence-electron chi connectivity index (χ0n) is 17.2. The second-order valence-corrected chi connectivity index (χ2v) is 10.8. The lowest BCUT2D eigenvalue weighted by Gasteiger charge is -2.26. The summed E-state index contributed by atoms with van der Waals surface area (Å²) in [5, 5.41) is 2.89. The van der Waals surface area contributed by atoms with Gasteiger partial charge in [0.2, 0.25) is 0 Å². The van der Waals surface area contributed by atoms with Crippen molar-refractivity contribution in [3.63, 3.8) is 0 Å². The Hall–Kier alpha value is -1.96. The Balaban J connectivity index is 1.60. The van der Waals surface area contributed by atoms with Gasteiger partial charge in [0.25, 0.3) is 11.8 Å². The van der Waals surface area contributed by atoms with Gasteiger partial charge in [-0.3, -0.25) is 14.9 Å². The van der Waals surface area contributed by atoms with Crippen molar-refractivity contribution in [3.8, 4) is 5.75 Å². The third-order valence-corrected chi connectivity index (χ3v) is 7.20. The second kappa shape index (κ2) is 10.8. The van der Waals surface area contributed by atoms with Gasteiger partial charge in [-0.1, -0.05) is 39.7 Å². The largest absolute Gasteiger partial charge is 0.487 e. The van der Waals surface area contributed by atoms with E-state index in [1.165, 1.54) is 6.08 Å². The van der Waals surface area contributed by atoms with Crippen molar-refractivity contribution < 1.29 is 19.1 Å². The van der Waals surface area contributed by atoms with E-state index in [-0.39, 0.29) is 5.57 Å². The monoisotopic (exact) mass is 762 g/mol. The van der Waals surface area contributed by atoms with E-state index in [0.717, 1.165) is 22.1 Å². The molecule has 1 fully saturated rings. The minimum Gasteiger partial charge on any atom is -0.487 e. The van der Waals surface area contributed by atoms with E-state index in [1.807, 2.05) is 24.3 Å². The van der Waals surface area contributed by atoms with Crippen molar-refractivity contribution in [2.45, 2.75) is 6.61 Å². The molecule has 3 aromatic rings. The molecule has 0 aromatic heterocycles. The van der Waals surface area contributed by atoms with Crippen LogP contribution in [-0.2, 0) is 16.2 Å². The van der Waals surface area contributed by atoms with Gasteiger partial charge in [0.05, 0.1) is 12.8 Å². The summed E-state index contributed by atoms with van der Waals surface area (Å²) in [6, 6.07) is 16.9. The van der Waals surface area contributed by atoms with Gasteiger partial charge in [0.15, 0.2) is 0 Å². The maximum Gasteiger partial charge on any atom is 0.335 e. The van der Waals surface area contributed by atoms with Gasteiger partial charge in [0.1, 0.15) is 17.9 Å². The molecule has 1 saturated heterocycles. The van der Waals surface area contributed by atoms with Crippen molar-refractivity contribution in [2.24, 2.45) is 0 Å². The molecule has 0 spiro atoms. The summed E-state index contributed by atoms with van der Waals surface area (Å²) in [4.78, 5) is 38.9. The molecule has 0 atom stereocenters. The molecule has 4 rings (SSSR count). The number of hydrogen-bond donors (Lipinski definition) is 1. The van der Waals surface area contributed by atoms with Crippen molar-refractivity contribution >= 4 is 102 Å². The van der Waals surface area contributed by atoms with E-state index in [1.54, 1.807) is 36.4 Å². The van der Waals surface area contributed by atoms with Crippen LogP contribution < -0.4 is 15.0 Å². The van der Waals surface area contributed by atoms with E-state index in [9.17, 15) is 14.4 Å². The maximum atomic E-state index is 13.1. The number of anilines is 1. The number of amides is 4. The van der Waals surface area contributed by atoms with E-state index in [2.05, 4.69) is 66.4 Å².